The second-order valence-corrected chi connectivity index (χ2v) is 3.34. The van der Waals surface area contributed by atoms with E-state index in [0.29, 0.717) is 11.3 Å². The lowest BCUT2D eigenvalue weighted by atomic mass is 10.1. The van der Waals surface area contributed by atoms with Crippen LogP contribution in [0.2, 0.25) is 0 Å². The average molecular weight is 233 g/mol. The van der Waals surface area contributed by atoms with Gasteiger partial charge in [-0.1, -0.05) is 0 Å². The van der Waals surface area contributed by atoms with E-state index >= 15 is 0 Å². The number of aliphatic carboxylic acids is 1. The van der Waals surface area contributed by atoms with Crippen LogP contribution in [0.15, 0.2) is 30.5 Å². The van der Waals surface area contributed by atoms with Gasteiger partial charge in [0.05, 0.1) is 11.9 Å². The van der Waals surface area contributed by atoms with Gasteiger partial charge in [0, 0.05) is 5.56 Å². The Hall–Kier alpha value is -2.37. The highest BCUT2D eigenvalue weighted by Gasteiger charge is 2.07. The minimum atomic E-state index is -1.02. The summed E-state index contributed by atoms with van der Waals surface area (Å²) in [7, 11) is 0. The number of nitrogens with zero attached hydrogens (tertiary/aromatic N) is 3. The minimum Gasteiger partial charge on any atom is -0.481 e. The van der Waals surface area contributed by atoms with E-state index in [0.717, 1.165) is 0 Å². The summed E-state index contributed by atoms with van der Waals surface area (Å²) in [5.74, 6) is -1.25. The number of carbonyl (C=O) groups is 1. The molecule has 0 bridgehead atoms. The number of hydrogen-bond acceptors (Lipinski definition) is 4. The molecule has 0 amide bonds. The highest BCUT2D eigenvalue weighted by Crippen LogP contribution is 2.15. The zero-order valence-electron chi connectivity index (χ0n) is 8.67. The van der Waals surface area contributed by atoms with E-state index in [1.807, 2.05) is 0 Å². The quantitative estimate of drug-likeness (QED) is 0.864. The topological polar surface area (TPSA) is 76.0 Å². The van der Waals surface area contributed by atoms with Crippen molar-refractivity contribution in [3.63, 3.8) is 0 Å². The van der Waals surface area contributed by atoms with Gasteiger partial charge in [0.2, 0.25) is 0 Å². The van der Waals surface area contributed by atoms with Gasteiger partial charge in [0.15, 0.2) is 5.82 Å². The smallest absolute Gasteiger partial charge is 0.311 e. The van der Waals surface area contributed by atoms with Crippen molar-refractivity contribution in [2.75, 3.05) is 0 Å². The van der Waals surface area contributed by atoms with Crippen molar-refractivity contribution < 1.29 is 14.3 Å². The Morgan fingerprint density at radius 3 is 2.65 bits per heavy atom. The number of carboxylic acids is 1. The lowest BCUT2D eigenvalue weighted by Crippen LogP contribution is -2.06. The fourth-order valence-corrected chi connectivity index (χ4v) is 1.31. The van der Waals surface area contributed by atoms with E-state index in [1.54, 1.807) is 12.1 Å². The Kier molecular flexibility index (Phi) is 3.04. The van der Waals surface area contributed by atoms with Crippen molar-refractivity contribution in [3.05, 3.63) is 42.1 Å². The standard InChI is InChI=1S/C11H8FN3O2/c12-8-3-1-7(2-4-8)9-6-13-15-10(14-9)5-11(16)17/h1-4,6H,5H2,(H,16,17). The van der Waals surface area contributed by atoms with Gasteiger partial charge < -0.3 is 5.11 Å². The first kappa shape index (κ1) is 11.1. The molecular formula is C11H8FN3O2. The number of halogens is 1. The van der Waals surface area contributed by atoms with Gasteiger partial charge >= 0.3 is 5.97 Å². The number of aromatic nitrogens is 3. The molecule has 1 N–H and O–H groups in total. The first-order chi connectivity index (χ1) is 8.15. The lowest BCUT2D eigenvalue weighted by molar-refractivity contribution is -0.136. The summed E-state index contributed by atoms with van der Waals surface area (Å²) in [6.07, 6.45) is 1.11. The minimum absolute atomic E-state index is 0.124. The molecule has 17 heavy (non-hydrogen) atoms. The van der Waals surface area contributed by atoms with Gasteiger partial charge in [-0.25, -0.2) is 9.37 Å². The fraction of sp³-hybridized carbons (Fsp3) is 0.0909. The molecule has 2 aromatic rings. The van der Waals surface area contributed by atoms with Crippen LogP contribution in [0.5, 0.6) is 0 Å². The van der Waals surface area contributed by atoms with E-state index in [-0.39, 0.29) is 18.1 Å². The van der Waals surface area contributed by atoms with Gasteiger partial charge in [-0.05, 0) is 24.3 Å². The maximum Gasteiger partial charge on any atom is 0.311 e. The summed E-state index contributed by atoms with van der Waals surface area (Å²) >= 11 is 0. The van der Waals surface area contributed by atoms with Crippen molar-refractivity contribution in [2.45, 2.75) is 6.42 Å². The molecule has 0 saturated heterocycles. The third-order valence-electron chi connectivity index (χ3n) is 2.05. The van der Waals surface area contributed by atoms with Crippen molar-refractivity contribution in [1.82, 2.24) is 15.2 Å². The zero-order valence-corrected chi connectivity index (χ0v) is 8.67. The molecule has 5 nitrogen and oxygen atoms in total. The third kappa shape index (κ3) is 2.81. The summed E-state index contributed by atoms with van der Waals surface area (Å²) in [4.78, 5) is 14.5. The van der Waals surface area contributed by atoms with Gasteiger partial charge in [-0.15, -0.1) is 5.10 Å². The van der Waals surface area contributed by atoms with Crippen LogP contribution in [0.4, 0.5) is 4.39 Å². The number of carboxylic acid groups (broad SMARTS) is 1. The van der Waals surface area contributed by atoms with E-state index in [1.165, 1.54) is 18.3 Å². The molecule has 0 aliphatic heterocycles. The summed E-state index contributed by atoms with van der Waals surface area (Å²) in [5.41, 5.74) is 1.13. The highest BCUT2D eigenvalue weighted by molar-refractivity contribution is 5.69. The molecule has 86 valence electrons. The monoisotopic (exact) mass is 233 g/mol. The molecule has 0 unspecified atom stereocenters. The molecule has 0 saturated carbocycles. The molecule has 1 heterocycles. The zero-order chi connectivity index (χ0) is 12.3. The third-order valence-corrected chi connectivity index (χ3v) is 2.05. The molecule has 0 radical (unpaired) electrons. The van der Waals surface area contributed by atoms with Crippen molar-refractivity contribution in [3.8, 4) is 11.3 Å². The van der Waals surface area contributed by atoms with Gasteiger partial charge in [-0.3, -0.25) is 4.79 Å². The molecular weight excluding hydrogens is 225 g/mol. The maximum atomic E-state index is 12.7. The Morgan fingerprint density at radius 2 is 2.00 bits per heavy atom. The highest BCUT2D eigenvalue weighted by atomic mass is 19.1. The summed E-state index contributed by atoms with van der Waals surface area (Å²) < 4.78 is 12.7. The number of hydrogen-bond donors (Lipinski definition) is 1. The van der Waals surface area contributed by atoms with Crippen LogP contribution in [0.3, 0.4) is 0 Å². The molecule has 0 aliphatic carbocycles. The van der Waals surface area contributed by atoms with Crippen LogP contribution in [0.1, 0.15) is 5.82 Å². The Bertz CT molecular complexity index is 543. The predicted octanol–water partition coefficient (Wildman–Crippen LogP) is 1.30. The average Bonchev–Trinajstić information content (AvgIpc) is 2.29. The molecule has 0 atom stereocenters. The normalized spacial score (nSPS) is 10.2. The molecule has 6 heteroatoms. The summed E-state index contributed by atoms with van der Waals surface area (Å²) in [6, 6.07) is 5.69. The van der Waals surface area contributed by atoms with Crippen molar-refractivity contribution in [2.24, 2.45) is 0 Å². The van der Waals surface area contributed by atoms with Crippen LogP contribution in [0, 0.1) is 5.82 Å². The molecule has 0 spiro atoms. The predicted molar refractivity (Wildman–Crippen MR) is 56.6 cm³/mol. The van der Waals surface area contributed by atoms with Gasteiger partial charge in [-0.2, -0.15) is 5.10 Å². The molecule has 1 aromatic carbocycles. The Labute approximate surface area is 96.0 Å². The molecule has 0 fully saturated rings. The lowest BCUT2D eigenvalue weighted by Gasteiger charge is -2.01. The van der Waals surface area contributed by atoms with E-state index in [4.69, 9.17) is 5.11 Å². The Morgan fingerprint density at radius 1 is 1.29 bits per heavy atom. The van der Waals surface area contributed by atoms with Crippen LogP contribution in [0.25, 0.3) is 11.3 Å². The largest absolute Gasteiger partial charge is 0.481 e. The van der Waals surface area contributed by atoms with Crippen LogP contribution in [-0.4, -0.2) is 26.3 Å². The van der Waals surface area contributed by atoms with E-state index in [9.17, 15) is 9.18 Å². The second-order valence-electron chi connectivity index (χ2n) is 3.34. The first-order valence-corrected chi connectivity index (χ1v) is 4.81. The van der Waals surface area contributed by atoms with E-state index < -0.39 is 5.97 Å². The van der Waals surface area contributed by atoms with Crippen molar-refractivity contribution >= 4 is 5.97 Å². The fourth-order valence-electron chi connectivity index (χ4n) is 1.31. The number of rotatable bonds is 3. The van der Waals surface area contributed by atoms with Crippen LogP contribution in [-0.2, 0) is 11.2 Å². The number of benzene rings is 1. The summed E-state index contributed by atoms with van der Waals surface area (Å²) in [6.45, 7) is 0. The van der Waals surface area contributed by atoms with Crippen molar-refractivity contribution in [1.29, 1.82) is 0 Å². The van der Waals surface area contributed by atoms with Crippen LogP contribution < -0.4 is 0 Å². The summed E-state index contributed by atoms with van der Waals surface area (Å²) in [5, 5.41) is 15.9. The molecule has 2 rings (SSSR count). The molecule has 1 aromatic heterocycles. The second kappa shape index (κ2) is 4.65. The first-order valence-electron chi connectivity index (χ1n) is 4.81. The van der Waals surface area contributed by atoms with Gasteiger partial charge in [0.25, 0.3) is 0 Å². The maximum absolute atomic E-state index is 12.7. The SMILES string of the molecule is O=C(O)Cc1nncc(-c2ccc(F)cc2)n1. The van der Waals surface area contributed by atoms with Gasteiger partial charge in [0.1, 0.15) is 12.2 Å². The van der Waals surface area contributed by atoms with E-state index in [2.05, 4.69) is 15.2 Å². The molecule has 0 aliphatic rings. The van der Waals surface area contributed by atoms with Crippen LogP contribution >= 0.6 is 0 Å². The Balaban J connectivity index is 2.32.